The van der Waals surface area contributed by atoms with Gasteiger partial charge in [-0.1, -0.05) is 30.3 Å². The fraction of sp³-hybridized carbons (Fsp3) is 0.455. The van der Waals surface area contributed by atoms with E-state index in [0.717, 1.165) is 0 Å². The monoisotopic (exact) mass is 234 g/mol. The van der Waals surface area contributed by atoms with Crippen LogP contribution in [0.4, 0.5) is 13.2 Å². The molecule has 1 aromatic rings. The molecular weight excluding hydrogens is 221 g/mol. The first-order chi connectivity index (χ1) is 7.45. The molecule has 0 spiro atoms. The van der Waals surface area contributed by atoms with Crippen LogP contribution in [0.1, 0.15) is 18.1 Å². The van der Waals surface area contributed by atoms with Gasteiger partial charge in [0, 0.05) is 13.5 Å². The second-order valence-corrected chi connectivity index (χ2v) is 3.43. The molecule has 2 unspecified atom stereocenters. The first kappa shape index (κ1) is 13.0. The van der Waals surface area contributed by atoms with E-state index in [2.05, 4.69) is 0 Å². The van der Waals surface area contributed by atoms with Crippen LogP contribution in [0.5, 0.6) is 0 Å². The van der Waals surface area contributed by atoms with Crippen molar-refractivity contribution in [1.82, 2.24) is 0 Å². The van der Waals surface area contributed by atoms with Gasteiger partial charge in [-0.15, -0.1) is 0 Å². The second kappa shape index (κ2) is 5.32. The van der Waals surface area contributed by atoms with Crippen molar-refractivity contribution in [3.63, 3.8) is 0 Å². The molecule has 2 nitrogen and oxygen atoms in total. The van der Waals surface area contributed by atoms with E-state index in [1.165, 1.54) is 7.11 Å². The van der Waals surface area contributed by atoms with Gasteiger partial charge in [0.25, 0.3) is 0 Å². The number of alkyl halides is 3. The van der Waals surface area contributed by atoms with Crippen LogP contribution in [0.2, 0.25) is 0 Å². The molecule has 2 atom stereocenters. The van der Waals surface area contributed by atoms with E-state index >= 15 is 0 Å². The Morgan fingerprint density at radius 3 is 2.25 bits per heavy atom. The third-order valence-corrected chi connectivity index (χ3v) is 2.27. The Balaban J connectivity index is 2.70. The fourth-order valence-corrected chi connectivity index (χ4v) is 1.37. The standard InChI is InChI=1S/C11H13F3O2/c1-16-9(7-10(15)11(12,13)14)8-5-3-2-4-6-8/h2-6,9-10,15H,7H2,1H3. The van der Waals surface area contributed by atoms with Crippen LogP contribution >= 0.6 is 0 Å². The van der Waals surface area contributed by atoms with Gasteiger partial charge in [-0.25, -0.2) is 0 Å². The average molecular weight is 234 g/mol. The van der Waals surface area contributed by atoms with E-state index in [1.807, 2.05) is 0 Å². The molecule has 0 heterocycles. The highest BCUT2D eigenvalue weighted by atomic mass is 19.4. The number of ether oxygens (including phenoxy) is 1. The molecule has 0 radical (unpaired) electrons. The summed E-state index contributed by atoms with van der Waals surface area (Å²) in [6.45, 7) is 0. The maximum absolute atomic E-state index is 12.2. The van der Waals surface area contributed by atoms with Gasteiger partial charge in [-0.05, 0) is 5.56 Å². The molecular formula is C11H13F3O2. The van der Waals surface area contributed by atoms with Crippen LogP contribution in [0.25, 0.3) is 0 Å². The van der Waals surface area contributed by atoms with Crippen molar-refractivity contribution in [2.75, 3.05) is 7.11 Å². The molecule has 0 aliphatic carbocycles. The summed E-state index contributed by atoms with van der Waals surface area (Å²) in [5.74, 6) is 0. The smallest absolute Gasteiger partial charge is 0.384 e. The summed E-state index contributed by atoms with van der Waals surface area (Å²) in [7, 11) is 1.32. The lowest BCUT2D eigenvalue weighted by molar-refractivity contribution is -0.212. The highest BCUT2D eigenvalue weighted by Crippen LogP contribution is 2.29. The number of hydrogen-bond acceptors (Lipinski definition) is 2. The van der Waals surface area contributed by atoms with Gasteiger partial charge in [-0.2, -0.15) is 13.2 Å². The number of aliphatic hydroxyl groups excluding tert-OH is 1. The van der Waals surface area contributed by atoms with E-state index in [1.54, 1.807) is 30.3 Å². The highest BCUT2D eigenvalue weighted by Gasteiger charge is 2.39. The van der Waals surface area contributed by atoms with E-state index in [9.17, 15) is 13.2 Å². The third-order valence-electron chi connectivity index (χ3n) is 2.27. The van der Waals surface area contributed by atoms with Gasteiger partial charge >= 0.3 is 6.18 Å². The molecule has 1 N–H and O–H groups in total. The van der Waals surface area contributed by atoms with Crippen LogP contribution in [-0.2, 0) is 4.74 Å². The predicted octanol–water partition coefficient (Wildman–Crippen LogP) is 2.69. The van der Waals surface area contributed by atoms with Gasteiger partial charge in [0.2, 0.25) is 0 Å². The number of aliphatic hydroxyl groups is 1. The van der Waals surface area contributed by atoms with Crippen molar-refractivity contribution >= 4 is 0 Å². The van der Waals surface area contributed by atoms with E-state index in [4.69, 9.17) is 9.84 Å². The van der Waals surface area contributed by atoms with Crippen molar-refractivity contribution in [1.29, 1.82) is 0 Å². The second-order valence-electron chi connectivity index (χ2n) is 3.43. The minimum absolute atomic E-state index is 0.496. The number of hydrogen-bond donors (Lipinski definition) is 1. The molecule has 1 rings (SSSR count). The summed E-state index contributed by atoms with van der Waals surface area (Å²) in [5.41, 5.74) is 0.619. The Kier molecular flexibility index (Phi) is 4.32. The number of halogens is 3. The molecule has 1 aromatic carbocycles. The Labute approximate surface area is 91.7 Å². The number of rotatable bonds is 4. The molecule has 0 saturated carbocycles. The first-order valence-electron chi connectivity index (χ1n) is 4.77. The third kappa shape index (κ3) is 3.50. The van der Waals surface area contributed by atoms with Gasteiger partial charge in [0.15, 0.2) is 6.10 Å². The van der Waals surface area contributed by atoms with Gasteiger partial charge in [0.1, 0.15) is 0 Å². The maximum atomic E-state index is 12.2. The molecule has 0 aliphatic rings. The minimum Gasteiger partial charge on any atom is -0.384 e. The Morgan fingerprint density at radius 1 is 1.25 bits per heavy atom. The zero-order valence-corrected chi connectivity index (χ0v) is 8.74. The Morgan fingerprint density at radius 2 is 1.81 bits per heavy atom. The van der Waals surface area contributed by atoms with Crippen LogP contribution in [0, 0.1) is 0 Å². The summed E-state index contributed by atoms with van der Waals surface area (Å²) in [4.78, 5) is 0. The average Bonchev–Trinajstić information content (AvgIpc) is 2.25. The van der Waals surface area contributed by atoms with Crippen molar-refractivity contribution in [3.8, 4) is 0 Å². The summed E-state index contributed by atoms with van der Waals surface area (Å²) in [6.07, 6.45) is -8.22. The summed E-state index contributed by atoms with van der Waals surface area (Å²) in [6, 6.07) is 8.51. The lowest BCUT2D eigenvalue weighted by Gasteiger charge is -2.21. The van der Waals surface area contributed by atoms with Gasteiger partial charge < -0.3 is 9.84 Å². The molecule has 0 amide bonds. The number of methoxy groups -OCH3 is 1. The molecule has 0 fully saturated rings. The van der Waals surface area contributed by atoms with Crippen LogP contribution in [0.15, 0.2) is 30.3 Å². The van der Waals surface area contributed by atoms with Crippen LogP contribution in [-0.4, -0.2) is 24.5 Å². The van der Waals surface area contributed by atoms with Crippen LogP contribution < -0.4 is 0 Å². The SMILES string of the molecule is COC(CC(O)C(F)(F)F)c1ccccc1. The normalized spacial score (nSPS) is 15.8. The molecule has 0 aliphatic heterocycles. The lowest BCUT2D eigenvalue weighted by atomic mass is 10.0. The van der Waals surface area contributed by atoms with Gasteiger partial charge in [0.05, 0.1) is 6.10 Å². The summed E-state index contributed by atoms with van der Waals surface area (Å²) < 4.78 is 41.4. The van der Waals surface area contributed by atoms with Crippen molar-refractivity contribution in [2.24, 2.45) is 0 Å². The topological polar surface area (TPSA) is 29.5 Å². The zero-order chi connectivity index (χ0) is 12.2. The van der Waals surface area contributed by atoms with Crippen molar-refractivity contribution in [2.45, 2.75) is 24.8 Å². The Bertz CT molecular complexity index is 311. The summed E-state index contributed by atoms with van der Waals surface area (Å²) >= 11 is 0. The largest absolute Gasteiger partial charge is 0.414 e. The number of benzene rings is 1. The highest BCUT2D eigenvalue weighted by molar-refractivity contribution is 5.17. The van der Waals surface area contributed by atoms with Crippen molar-refractivity contribution < 1.29 is 23.0 Å². The molecule has 0 bridgehead atoms. The molecule has 90 valence electrons. The molecule has 5 heteroatoms. The van der Waals surface area contributed by atoms with E-state index in [-0.39, 0.29) is 0 Å². The fourth-order valence-electron chi connectivity index (χ4n) is 1.37. The Hall–Kier alpha value is -1.07. The molecule has 0 saturated heterocycles. The van der Waals surface area contributed by atoms with Crippen molar-refractivity contribution in [3.05, 3.63) is 35.9 Å². The maximum Gasteiger partial charge on any atom is 0.414 e. The molecule has 16 heavy (non-hydrogen) atoms. The minimum atomic E-state index is -4.61. The summed E-state index contributed by atoms with van der Waals surface area (Å²) in [5, 5.41) is 8.94. The van der Waals surface area contributed by atoms with E-state index in [0.29, 0.717) is 5.56 Å². The zero-order valence-electron chi connectivity index (χ0n) is 8.74. The van der Waals surface area contributed by atoms with E-state index < -0.39 is 24.8 Å². The lowest BCUT2D eigenvalue weighted by Crippen LogP contribution is -2.30. The molecule has 0 aromatic heterocycles. The van der Waals surface area contributed by atoms with Gasteiger partial charge in [-0.3, -0.25) is 0 Å². The quantitative estimate of drug-likeness (QED) is 0.867. The predicted molar refractivity (Wildman–Crippen MR) is 52.9 cm³/mol. The van der Waals surface area contributed by atoms with Crippen LogP contribution in [0.3, 0.4) is 0 Å². The first-order valence-corrected chi connectivity index (χ1v) is 4.77.